The number of likely N-dealkylation sites (N-methyl/N-ethyl adjacent to an activating group) is 1. The van der Waals surface area contributed by atoms with Crippen LogP contribution in [0.25, 0.3) is 0 Å². The van der Waals surface area contributed by atoms with Gasteiger partial charge >= 0.3 is 0 Å². The average Bonchev–Trinajstić information content (AvgIpc) is 2.64. The molecule has 3 N–H and O–H groups in total. The van der Waals surface area contributed by atoms with E-state index in [4.69, 9.17) is 5.73 Å². The minimum Gasteiger partial charge on any atom is -0.366 e. The zero-order valence-corrected chi connectivity index (χ0v) is 10.9. The molecule has 6 nitrogen and oxygen atoms in total. The Balaban J connectivity index is 2.03. The van der Waals surface area contributed by atoms with Crippen LogP contribution in [0.15, 0.2) is 18.2 Å². The Labute approximate surface area is 114 Å². The van der Waals surface area contributed by atoms with Crippen molar-refractivity contribution in [3.8, 4) is 0 Å². The van der Waals surface area contributed by atoms with Crippen LogP contribution in [-0.2, 0) is 16.1 Å². The van der Waals surface area contributed by atoms with E-state index in [2.05, 4.69) is 5.32 Å². The van der Waals surface area contributed by atoms with Crippen LogP contribution in [0.1, 0.15) is 22.3 Å². The van der Waals surface area contributed by atoms with Gasteiger partial charge in [0.05, 0.1) is 12.5 Å². The Bertz CT molecular complexity index is 588. The largest absolute Gasteiger partial charge is 0.366 e. The van der Waals surface area contributed by atoms with E-state index in [-0.39, 0.29) is 30.3 Å². The maximum atomic E-state index is 13.7. The van der Waals surface area contributed by atoms with Crippen molar-refractivity contribution >= 4 is 17.7 Å². The first kappa shape index (κ1) is 14.1. The van der Waals surface area contributed by atoms with Gasteiger partial charge in [-0.1, -0.05) is 6.07 Å². The van der Waals surface area contributed by atoms with Gasteiger partial charge in [0.25, 0.3) is 0 Å². The maximum absolute atomic E-state index is 13.7. The third-order valence-electron chi connectivity index (χ3n) is 3.26. The molecule has 20 heavy (non-hydrogen) atoms. The van der Waals surface area contributed by atoms with Gasteiger partial charge in [-0.05, 0) is 12.1 Å². The van der Waals surface area contributed by atoms with Gasteiger partial charge in [-0.25, -0.2) is 4.39 Å². The fourth-order valence-electron chi connectivity index (χ4n) is 1.99. The van der Waals surface area contributed by atoms with Crippen LogP contribution in [0, 0.1) is 5.82 Å². The first-order chi connectivity index (χ1) is 9.40. The van der Waals surface area contributed by atoms with Crippen molar-refractivity contribution < 1.29 is 18.8 Å². The normalized spacial score (nSPS) is 18.7. The summed E-state index contributed by atoms with van der Waals surface area (Å²) in [5.41, 5.74) is 5.42. The van der Waals surface area contributed by atoms with E-state index in [1.54, 1.807) is 0 Å². The summed E-state index contributed by atoms with van der Waals surface area (Å²) >= 11 is 0. The number of nitrogens with zero attached hydrogens (tertiary/aromatic N) is 1. The van der Waals surface area contributed by atoms with Gasteiger partial charge in [0.15, 0.2) is 0 Å². The zero-order chi connectivity index (χ0) is 14.9. The molecule has 0 bridgehead atoms. The minimum atomic E-state index is -0.707. The number of carbonyl (C=O) groups excluding carboxylic acids is 3. The number of amides is 3. The van der Waals surface area contributed by atoms with E-state index in [9.17, 15) is 18.8 Å². The topological polar surface area (TPSA) is 92.5 Å². The van der Waals surface area contributed by atoms with Crippen molar-refractivity contribution in [2.24, 2.45) is 5.73 Å². The lowest BCUT2D eigenvalue weighted by molar-refractivity contribution is -0.137. The molecule has 2 rings (SSSR count). The van der Waals surface area contributed by atoms with E-state index in [1.165, 1.54) is 19.2 Å². The van der Waals surface area contributed by atoms with Crippen LogP contribution in [0.3, 0.4) is 0 Å². The van der Waals surface area contributed by atoms with Crippen LogP contribution in [0.5, 0.6) is 0 Å². The molecule has 1 fully saturated rings. The Kier molecular flexibility index (Phi) is 3.80. The van der Waals surface area contributed by atoms with Crippen LogP contribution < -0.4 is 11.1 Å². The summed E-state index contributed by atoms with van der Waals surface area (Å²) in [6.45, 7) is 0.0857. The van der Waals surface area contributed by atoms with Gasteiger partial charge < -0.3 is 11.1 Å². The predicted molar refractivity (Wildman–Crippen MR) is 67.9 cm³/mol. The summed E-state index contributed by atoms with van der Waals surface area (Å²) in [4.78, 5) is 34.9. The first-order valence-corrected chi connectivity index (χ1v) is 6.02. The molecule has 3 amide bonds. The predicted octanol–water partition coefficient (Wildman–Crippen LogP) is -0.229. The molecule has 0 saturated carbocycles. The van der Waals surface area contributed by atoms with Crippen molar-refractivity contribution in [1.29, 1.82) is 0 Å². The summed E-state index contributed by atoms with van der Waals surface area (Å²) in [5, 5.41) is 2.83. The molecule has 1 unspecified atom stereocenters. The maximum Gasteiger partial charge on any atom is 0.248 e. The molecule has 7 heteroatoms. The van der Waals surface area contributed by atoms with Crippen LogP contribution in [-0.4, -0.2) is 35.7 Å². The number of imide groups is 1. The van der Waals surface area contributed by atoms with Gasteiger partial charge in [0.1, 0.15) is 5.82 Å². The number of hydrogen-bond acceptors (Lipinski definition) is 4. The highest BCUT2D eigenvalue weighted by atomic mass is 19.1. The summed E-state index contributed by atoms with van der Waals surface area (Å²) < 4.78 is 13.7. The highest BCUT2D eigenvalue weighted by Gasteiger charge is 2.35. The van der Waals surface area contributed by atoms with Crippen LogP contribution in [0.2, 0.25) is 0 Å². The number of nitrogens with one attached hydrogen (secondary N) is 1. The number of halogens is 1. The third kappa shape index (κ3) is 2.67. The second-order valence-corrected chi connectivity index (χ2v) is 4.60. The number of rotatable bonds is 4. The average molecular weight is 279 g/mol. The molecule has 1 atom stereocenters. The van der Waals surface area contributed by atoms with Crippen molar-refractivity contribution in [2.45, 2.75) is 19.0 Å². The van der Waals surface area contributed by atoms with Gasteiger partial charge in [0.2, 0.25) is 17.7 Å². The highest BCUT2D eigenvalue weighted by molar-refractivity contribution is 6.05. The van der Waals surface area contributed by atoms with E-state index < -0.39 is 17.8 Å². The van der Waals surface area contributed by atoms with E-state index in [0.717, 1.165) is 11.0 Å². The molecule has 1 heterocycles. The van der Waals surface area contributed by atoms with Crippen molar-refractivity contribution in [3.05, 3.63) is 35.1 Å². The van der Waals surface area contributed by atoms with Crippen molar-refractivity contribution in [3.63, 3.8) is 0 Å². The lowest BCUT2D eigenvalue weighted by Crippen LogP contribution is -2.36. The number of nitrogens with two attached hydrogens (primary N) is 1. The lowest BCUT2D eigenvalue weighted by Gasteiger charge is -2.11. The fourth-order valence-corrected chi connectivity index (χ4v) is 1.99. The SMILES string of the molecule is CN1C(=O)CC(NCc2ccc(C(N)=O)cc2F)C1=O. The van der Waals surface area contributed by atoms with Crippen molar-refractivity contribution in [2.75, 3.05) is 7.05 Å². The molecule has 0 spiro atoms. The molecule has 1 saturated heterocycles. The Morgan fingerprint density at radius 1 is 1.50 bits per heavy atom. The molecular weight excluding hydrogens is 265 g/mol. The fraction of sp³-hybridized carbons (Fsp3) is 0.308. The zero-order valence-electron chi connectivity index (χ0n) is 10.9. The molecule has 1 aromatic carbocycles. The van der Waals surface area contributed by atoms with E-state index in [0.29, 0.717) is 5.56 Å². The number of primary amides is 1. The van der Waals surface area contributed by atoms with Crippen LogP contribution >= 0.6 is 0 Å². The molecule has 1 aliphatic heterocycles. The smallest absolute Gasteiger partial charge is 0.248 e. The second-order valence-electron chi connectivity index (χ2n) is 4.60. The lowest BCUT2D eigenvalue weighted by atomic mass is 10.1. The molecule has 1 aromatic rings. The van der Waals surface area contributed by atoms with Gasteiger partial charge in [-0.15, -0.1) is 0 Å². The second kappa shape index (κ2) is 5.38. The molecule has 0 radical (unpaired) electrons. The van der Waals surface area contributed by atoms with Gasteiger partial charge in [-0.2, -0.15) is 0 Å². The monoisotopic (exact) mass is 279 g/mol. The third-order valence-corrected chi connectivity index (χ3v) is 3.26. The Morgan fingerprint density at radius 2 is 2.20 bits per heavy atom. The number of likely N-dealkylation sites (tertiary alicyclic amines) is 1. The summed E-state index contributed by atoms with van der Waals surface area (Å²) in [6.07, 6.45) is 0.0658. The molecular formula is C13H14FN3O3. The minimum absolute atomic E-state index is 0.0658. The molecule has 106 valence electrons. The summed E-state index contributed by atoms with van der Waals surface area (Å²) in [5.74, 6) is -1.89. The molecule has 1 aliphatic rings. The van der Waals surface area contributed by atoms with Gasteiger partial charge in [0, 0.05) is 24.7 Å². The number of benzene rings is 1. The standard InChI is InChI=1S/C13H14FN3O3/c1-17-11(18)5-10(13(17)20)16-6-8-3-2-7(12(15)19)4-9(8)14/h2-4,10,16H,5-6H2,1H3,(H2,15,19). The highest BCUT2D eigenvalue weighted by Crippen LogP contribution is 2.14. The van der Waals surface area contributed by atoms with Crippen molar-refractivity contribution in [1.82, 2.24) is 10.2 Å². The Morgan fingerprint density at radius 3 is 2.70 bits per heavy atom. The van der Waals surface area contributed by atoms with E-state index >= 15 is 0 Å². The number of carbonyl (C=O) groups is 3. The molecule has 0 aliphatic carbocycles. The molecule has 0 aromatic heterocycles. The number of hydrogen-bond donors (Lipinski definition) is 2. The van der Waals surface area contributed by atoms with Crippen LogP contribution in [0.4, 0.5) is 4.39 Å². The summed E-state index contributed by atoms with van der Waals surface area (Å²) in [7, 11) is 1.41. The summed E-state index contributed by atoms with van der Waals surface area (Å²) in [6, 6.07) is 3.25. The quantitative estimate of drug-likeness (QED) is 0.745. The Hall–Kier alpha value is -2.28. The first-order valence-electron chi connectivity index (χ1n) is 6.02. The van der Waals surface area contributed by atoms with Gasteiger partial charge in [-0.3, -0.25) is 19.3 Å². The van der Waals surface area contributed by atoms with E-state index in [1.807, 2.05) is 0 Å².